The molecule has 0 aliphatic carbocycles. The molecule has 1 aromatic heterocycles. The van der Waals surface area contributed by atoms with Crippen LogP contribution in [0.4, 0.5) is 4.39 Å². The third-order valence-electron chi connectivity index (χ3n) is 1.13. The quantitative estimate of drug-likeness (QED) is 0.486. The van der Waals surface area contributed by atoms with Gasteiger partial charge in [-0.15, -0.1) is 0 Å². The Balaban J connectivity index is 2.97. The van der Waals surface area contributed by atoms with E-state index in [1.54, 1.807) is 0 Å². The molecule has 0 fully saturated rings. The van der Waals surface area contributed by atoms with Gasteiger partial charge in [0.2, 0.25) is 0 Å². The average molecular weight is 185 g/mol. The topological polar surface area (TPSA) is 38.9 Å². The molecule has 0 aliphatic rings. The van der Waals surface area contributed by atoms with Crippen molar-refractivity contribution in [3.63, 3.8) is 0 Å². The molecule has 0 amide bonds. The van der Waals surface area contributed by atoms with E-state index in [1.807, 2.05) is 0 Å². The second-order valence-electron chi connectivity index (χ2n) is 2.00. The summed E-state index contributed by atoms with van der Waals surface area (Å²) in [6.07, 6.45) is 1.40. The maximum absolute atomic E-state index is 12.7. The Labute approximate surface area is 74.6 Å². The first kappa shape index (κ1) is 8.98. The molecule has 1 rings (SSSR count). The van der Waals surface area contributed by atoms with Crippen molar-refractivity contribution in [1.29, 1.82) is 0 Å². The standard InChI is InChI=1S/C8H6ClFN2/c9-8-7(10)4-6(5-12-8)2-1-3-11/h4-5H,3,11H2. The molecule has 0 spiro atoms. The summed E-state index contributed by atoms with van der Waals surface area (Å²) in [5.41, 5.74) is 5.60. The van der Waals surface area contributed by atoms with Crippen LogP contribution < -0.4 is 5.73 Å². The number of rotatable bonds is 0. The van der Waals surface area contributed by atoms with E-state index in [9.17, 15) is 4.39 Å². The minimum absolute atomic E-state index is 0.145. The van der Waals surface area contributed by atoms with Crippen LogP contribution in [-0.2, 0) is 0 Å². The molecule has 1 aromatic rings. The molecule has 0 aliphatic heterocycles. The summed E-state index contributed by atoms with van der Waals surface area (Å²) in [5.74, 6) is 4.65. The highest BCUT2D eigenvalue weighted by Crippen LogP contribution is 2.10. The van der Waals surface area contributed by atoms with Gasteiger partial charge in [-0.2, -0.15) is 0 Å². The van der Waals surface area contributed by atoms with Crippen LogP contribution in [0.1, 0.15) is 5.56 Å². The second kappa shape index (κ2) is 4.05. The Hall–Kier alpha value is -1.11. The van der Waals surface area contributed by atoms with Crippen LogP contribution in [0.3, 0.4) is 0 Å². The molecular weight excluding hydrogens is 179 g/mol. The van der Waals surface area contributed by atoms with Gasteiger partial charge in [0.25, 0.3) is 0 Å². The third-order valence-corrected chi connectivity index (χ3v) is 1.41. The van der Waals surface area contributed by atoms with Gasteiger partial charge in [0.05, 0.1) is 6.54 Å². The van der Waals surface area contributed by atoms with Gasteiger partial charge >= 0.3 is 0 Å². The lowest BCUT2D eigenvalue weighted by molar-refractivity contribution is 0.621. The number of pyridine rings is 1. The molecule has 0 atom stereocenters. The average Bonchev–Trinajstić information content (AvgIpc) is 2.07. The van der Waals surface area contributed by atoms with Gasteiger partial charge in [-0.25, -0.2) is 9.37 Å². The van der Waals surface area contributed by atoms with Gasteiger partial charge in [0.1, 0.15) is 0 Å². The summed E-state index contributed by atoms with van der Waals surface area (Å²) in [6, 6.07) is 1.22. The lowest BCUT2D eigenvalue weighted by Gasteiger charge is -1.92. The van der Waals surface area contributed by atoms with Crippen LogP contribution >= 0.6 is 11.6 Å². The van der Waals surface area contributed by atoms with Crippen molar-refractivity contribution in [3.8, 4) is 11.8 Å². The monoisotopic (exact) mass is 184 g/mol. The first-order valence-electron chi connectivity index (χ1n) is 3.24. The number of aromatic nitrogens is 1. The zero-order chi connectivity index (χ0) is 8.97. The highest BCUT2D eigenvalue weighted by molar-refractivity contribution is 6.29. The number of nitrogens with two attached hydrogens (primary N) is 1. The molecule has 0 saturated heterocycles. The van der Waals surface area contributed by atoms with E-state index >= 15 is 0 Å². The molecule has 0 aromatic carbocycles. The molecular formula is C8H6ClFN2. The van der Waals surface area contributed by atoms with Gasteiger partial charge in [-0.1, -0.05) is 23.4 Å². The van der Waals surface area contributed by atoms with Crippen molar-refractivity contribution in [2.45, 2.75) is 0 Å². The van der Waals surface area contributed by atoms with E-state index in [4.69, 9.17) is 17.3 Å². The van der Waals surface area contributed by atoms with Crippen LogP contribution in [0.15, 0.2) is 12.3 Å². The number of halogens is 2. The summed E-state index contributed by atoms with van der Waals surface area (Å²) in [4.78, 5) is 3.58. The van der Waals surface area contributed by atoms with Crippen LogP contribution in [0, 0.1) is 17.7 Å². The summed E-state index contributed by atoms with van der Waals surface area (Å²) < 4.78 is 12.7. The molecule has 4 heteroatoms. The minimum atomic E-state index is -0.569. The molecule has 0 unspecified atom stereocenters. The number of hydrogen-bond acceptors (Lipinski definition) is 2. The van der Waals surface area contributed by atoms with Crippen molar-refractivity contribution >= 4 is 11.6 Å². The van der Waals surface area contributed by atoms with Crippen LogP contribution in [0.2, 0.25) is 5.15 Å². The molecule has 0 saturated carbocycles. The second-order valence-corrected chi connectivity index (χ2v) is 2.36. The summed E-state index contributed by atoms with van der Waals surface area (Å²) in [5, 5.41) is -0.145. The SMILES string of the molecule is NCC#Cc1cnc(Cl)c(F)c1. The Kier molecular flexibility index (Phi) is 3.03. The van der Waals surface area contributed by atoms with Crippen molar-refractivity contribution in [2.24, 2.45) is 5.73 Å². The van der Waals surface area contributed by atoms with Gasteiger partial charge in [0.15, 0.2) is 11.0 Å². The maximum Gasteiger partial charge on any atom is 0.164 e. The first-order chi connectivity index (χ1) is 5.74. The van der Waals surface area contributed by atoms with Crippen LogP contribution in [0.5, 0.6) is 0 Å². The molecule has 62 valence electrons. The van der Waals surface area contributed by atoms with E-state index in [-0.39, 0.29) is 11.7 Å². The molecule has 1 heterocycles. The summed E-state index contributed by atoms with van der Waals surface area (Å²) >= 11 is 5.36. The number of nitrogens with zero attached hydrogens (tertiary/aromatic N) is 1. The molecule has 2 N–H and O–H groups in total. The number of hydrogen-bond donors (Lipinski definition) is 1. The van der Waals surface area contributed by atoms with E-state index in [0.717, 1.165) is 0 Å². The Morgan fingerprint density at radius 2 is 2.42 bits per heavy atom. The van der Waals surface area contributed by atoms with E-state index in [1.165, 1.54) is 12.3 Å². The van der Waals surface area contributed by atoms with Crippen LogP contribution in [-0.4, -0.2) is 11.5 Å². The fraction of sp³-hybridized carbons (Fsp3) is 0.125. The highest BCUT2D eigenvalue weighted by Gasteiger charge is 1.99. The summed E-state index contributed by atoms with van der Waals surface area (Å²) in [7, 11) is 0. The lowest BCUT2D eigenvalue weighted by Crippen LogP contribution is -1.93. The van der Waals surface area contributed by atoms with E-state index in [0.29, 0.717) is 5.56 Å². The molecule has 12 heavy (non-hydrogen) atoms. The largest absolute Gasteiger partial charge is 0.320 e. The van der Waals surface area contributed by atoms with Gasteiger partial charge in [-0.3, -0.25) is 0 Å². The fourth-order valence-corrected chi connectivity index (χ4v) is 0.746. The molecule has 0 radical (unpaired) electrons. The molecule has 2 nitrogen and oxygen atoms in total. The van der Waals surface area contributed by atoms with E-state index in [2.05, 4.69) is 16.8 Å². The highest BCUT2D eigenvalue weighted by atomic mass is 35.5. The molecule has 0 bridgehead atoms. The van der Waals surface area contributed by atoms with Crippen LogP contribution in [0.25, 0.3) is 0 Å². The summed E-state index contributed by atoms with van der Waals surface area (Å²) in [6.45, 7) is 0.240. The van der Waals surface area contributed by atoms with Gasteiger partial charge < -0.3 is 5.73 Å². The normalized spacial score (nSPS) is 8.92. The van der Waals surface area contributed by atoms with Crippen molar-refractivity contribution in [3.05, 3.63) is 28.8 Å². The predicted molar refractivity (Wildman–Crippen MR) is 45.1 cm³/mol. The van der Waals surface area contributed by atoms with Gasteiger partial charge in [-0.05, 0) is 6.07 Å². The minimum Gasteiger partial charge on any atom is -0.320 e. The fourth-order valence-electron chi connectivity index (χ4n) is 0.643. The lowest BCUT2D eigenvalue weighted by atomic mass is 10.3. The predicted octanol–water partition coefficient (Wildman–Crippen LogP) is 1.18. The van der Waals surface area contributed by atoms with Crippen molar-refractivity contribution in [1.82, 2.24) is 4.98 Å². The Morgan fingerprint density at radius 3 is 3.00 bits per heavy atom. The van der Waals surface area contributed by atoms with Crippen molar-refractivity contribution < 1.29 is 4.39 Å². The zero-order valence-electron chi connectivity index (χ0n) is 6.14. The van der Waals surface area contributed by atoms with Crippen molar-refractivity contribution in [2.75, 3.05) is 6.54 Å². The maximum atomic E-state index is 12.7. The smallest absolute Gasteiger partial charge is 0.164 e. The van der Waals surface area contributed by atoms with Gasteiger partial charge in [0, 0.05) is 11.8 Å². The third kappa shape index (κ3) is 2.19. The van der Waals surface area contributed by atoms with E-state index < -0.39 is 5.82 Å². The zero-order valence-corrected chi connectivity index (χ0v) is 6.90. The Morgan fingerprint density at radius 1 is 1.67 bits per heavy atom. The first-order valence-corrected chi connectivity index (χ1v) is 3.62. The Bertz CT molecular complexity index is 341.